The molecule has 17 heavy (non-hydrogen) atoms. The van der Waals surface area contributed by atoms with Gasteiger partial charge in [-0.25, -0.2) is 4.99 Å². The predicted octanol–water partition coefficient (Wildman–Crippen LogP) is 2.89. The zero-order valence-electron chi connectivity index (χ0n) is 8.90. The SMILES string of the molecule is O=C1N=Cc2ccc3[nH]c4ccccc4c3c21. The molecule has 0 bridgehead atoms. The number of fused-ring (bicyclic) bond motifs is 5. The van der Waals surface area contributed by atoms with Crippen molar-refractivity contribution in [2.24, 2.45) is 4.99 Å². The van der Waals surface area contributed by atoms with E-state index in [2.05, 4.69) is 9.98 Å². The Bertz CT molecular complexity index is 812. The molecule has 1 aliphatic rings. The molecule has 0 aliphatic carbocycles. The van der Waals surface area contributed by atoms with Gasteiger partial charge in [-0.1, -0.05) is 24.3 Å². The van der Waals surface area contributed by atoms with Gasteiger partial charge in [0, 0.05) is 33.6 Å². The van der Waals surface area contributed by atoms with Crippen molar-refractivity contribution in [3.63, 3.8) is 0 Å². The van der Waals surface area contributed by atoms with Gasteiger partial charge >= 0.3 is 0 Å². The first-order chi connectivity index (χ1) is 8.34. The van der Waals surface area contributed by atoms with E-state index in [1.165, 1.54) is 0 Å². The smallest absolute Gasteiger partial charge is 0.278 e. The van der Waals surface area contributed by atoms with E-state index in [0.29, 0.717) is 0 Å². The number of aliphatic imine (C=N–C) groups is 1. The molecule has 4 rings (SSSR count). The van der Waals surface area contributed by atoms with Gasteiger partial charge in [0.15, 0.2) is 0 Å². The van der Waals surface area contributed by atoms with Crippen LogP contribution in [0.3, 0.4) is 0 Å². The third-order valence-corrected chi connectivity index (χ3v) is 3.24. The molecule has 1 aromatic heterocycles. The Morgan fingerprint density at radius 2 is 1.88 bits per heavy atom. The van der Waals surface area contributed by atoms with E-state index in [1.54, 1.807) is 6.21 Å². The van der Waals surface area contributed by atoms with Crippen molar-refractivity contribution in [3.8, 4) is 0 Å². The van der Waals surface area contributed by atoms with Crippen LogP contribution >= 0.6 is 0 Å². The first-order valence-corrected chi connectivity index (χ1v) is 5.46. The fourth-order valence-corrected chi connectivity index (χ4v) is 2.49. The average molecular weight is 220 g/mol. The molecule has 0 unspecified atom stereocenters. The van der Waals surface area contributed by atoms with Crippen LogP contribution in [0.1, 0.15) is 15.9 Å². The molecule has 2 heterocycles. The lowest BCUT2D eigenvalue weighted by molar-refractivity contribution is 0.101. The largest absolute Gasteiger partial charge is 0.354 e. The van der Waals surface area contributed by atoms with Crippen LogP contribution in [-0.2, 0) is 0 Å². The predicted molar refractivity (Wildman–Crippen MR) is 67.7 cm³/mol. The first kappa shape index (κ1) is 8.70. The molecule has 3 heteroatoms. The average Bonchev–Trinajstić information content (AvgIpc) is 2.90. The minimum absolute atomic E-state index is 0.143. The lowest BCUT2D eigenvalue weighted by Crippen LogP contribution is -1.92. The molecule has 1 aliphatic heterocycles. The van der Waals surface area contributed by atoms with E-state index in [-0.39, 0.29) is 5.91 Å². The Hall–Kier alpha value is -2.42. The van der Waals surface area contributed by atoms with Gasteiger partial charge in [0.05, 0.1) is 5.56 Å². The summed E-state index contributed by atoms with van der Waals surface area (Å²) in [4.78, 5) is 19.0. The number of nitrogens with one attached hydrogen (secondary N) is 1. The molecule has 1 N–H and O–H groups in total. The Labute approximate surface area is 96.8 Å². The van der Waals surface area contributed by atoms with Crippen LogP contribution in [0.2, 0.25) is 0 Å². The number of aromatic amines is 1. The molecule has 0 radical (unpaired) electrons. The van der Waals surface area contributed by atoms with Crippen LogP contribution in [0, 0.1) is 0 Å². The van der Waals surface area contributed by atoms with Gasteiger partial charge in [0.1, 0.15) is 0 Å². The molecule has 0 saturated heterocycles. The van der Waals surface area contributed by atoms with Gasteiger partial charge in [0.2, 0.25) is 0 Å². The highest BCUT2D eigenvalue weighted by molar-refractivity contribution is 6.25. The van der Waals surface area contributed by atoms with Crippen LogP contribution in [-0.4, -0.2) is 17.1 Å². The van der Waals surface area contributed by atoms with Gasteiger partial charge in [-0.15, -0.1) is 0 Å². The highest BCUT2D eigenvalue weighted by Crippen LogP contribution is 2.32. The van der Waals surface area contributed by atoms with Crippen molar-refractivity contribution in [1.29, 1.82) is 0 Å². The van der Waals surface area contributed by atoms with Crippen molar-refractivity contribution in [1.82, 2.24) is 4.98 Å². The second-order valence-corrected chi connectivity index (χ2v) is 4.19. The highest BCUT2D eigenvalue weighted by Gasteiger charge is 2.20. The Morgan fingerprint density at radius 1 is 1.00 bits per heavy atom. The summed E-state index contributed by atoms with van der Waals surface area (Å²) in [6, 6.07) is 11.9. The van der Waals surface area contributed by atoms with E-state index >= 15 is 0 Å². The minimum atomic E-state index is -0.143. The van der Waals surface area contributed by atoms with Gasteiger partial charge in [0.25, 0.3) is 5.91 Å². The number of hydrogen-bond donors (Lipinski definition) is 1. The van der Waals surface area contributed by atoms with Crippen molar-refractivity contribution < 1.29 is 4.79 Å². The number of amides is 1. The fourth-order valence-electron chi connectivity index (χ4n) is 2.49. The van der Waals surface area contributed by atoms with Crippen molar-refractivity contribution in [2.75, 3.05) is 0 Å². The van der Waals surface area contributed by atoms with Crippen LogP contribution in [0.5, 0.6) is 0 Å². The molecule has 3 nitrogen and oxygen atoms in total. The number of carbonyl (C=O) groups is 1. The maximum absolute atomic E-state index is 11.8. The Balaban J connectivity index is 2.31. The topological polar surface area (TPSA) is 45.2 Å². The van der Waals surface area contributed by atoms with Crippen LogP contribution in [0.4, 0.5) is 0 Å². The van der Waals surface area contributed by atoms with E-state index in [0.717, 1.165) is 32.9 Å². The number of para-hydroxylation sites is 1. The fraction of sp³-hybridized carbons (Fsp3) is 0. The second kappa shape index (κ2) is 2.83. The third kappa shape index (κ3) is 1.00. The number of aromatic nitrogens is 1. The molecular formula is C14H8N2O. The number of rotatable bonds is 0. The zero-order valence-corrected chi connectivity index (χ0v) is 8.90. The minimum Gasteiger partial charge on any atom is -0.354 e. The molecule has 1 amide bonds. The third-order valence-electron chi connectivity index (χ3n) is 3.24. The lowest BCUT2D eigenvalue weighted by Gasteiger charge is -1.98. The highest BCUT2D eigenvalue weighted by atomic mass is 16.1. The molecule has 0 spiro atoms. The normalized spacial score (nSPS) is 13.8. The van der Waals surface area contributed by atoms with E-state index in [4.69, 9.17) is 0 Å². The summed E-state index contributed by atoms with van der Waals surface area (Å²) in [5, 5.41) is 2.07. The second-order valence-electron chi connectivity index (χ2n) is 4.19. The maximum Gasteiger partial charge on any atom is 0.278 e. The molecular weight excluding hydrogens is 212 g/mol. The monoisotopic (exact) mass is 220 g/mol. The van der Waals surface area contributed by atoms with Crippen molar-refractivity contribution in [2.45, 2.75) is 0 Å². The first-order valence-electron chi connectivity index (χ1n) is 5.46. The number of hydrogen-bond acceptors (Lipinski definition) is 1. The summed E-state index contributed by atoms with van der Waals surface area (Å²) in [6.07, 6.45) is 1.64. The number of benzene rings is 2. The van der Waals surface area contributed by atoms with E-state index in [1.807, 2.05) is 36.4 Å². The van der Waals surface area contributed by atoms with Crippen LogP contribution < -0.4 is 0 Å². The van der Waals surface area contributed by atoms with Crippen molar-refractivity contribution in [3.05, 3.63) is 47.5 Å². The number of carbonyl (C=O) groups excluding carboxylic acids is 1. The Morgan fingerprint density at radius 3 is 2.82 bits per heavy atom. The summed E-state index contributed by atoms with van der Waals surface area (Å²) in [7, 11) is 0. The maximum atomic E-state index is 11.8. The molecule has 80 valence electrons. The summed E-state index contributed by atoms with van der Waals surface area (Å²) >= 11 is 0. The lowest BCUT2D eigenvalue weighted by atomic mass is 10.0. The van der Waals surface area contributed by atoms with Crippen LogP contribution in [0.15, 0.2) is 41.4 Å². The van der Waals surface area contributed by atoms with Gasteiger partial charge in [-0.05, 0) is 12.1 Å². The van der Waals surface area contributed by atoms with Crippen LogP contribution in [0.25, 0.3) is 21.8 Å². The molecule has 0 saturated carbocycles. The summed E-state index contributed by atoms with van der Waals surface area (Å²) in [5.74, 6) is -0.143. The Kier molecular flexibility index (Phi) is 1.45. The molecule has 0 atom stereocenters. The van der Waals surface area contributed by atoms with E-state index in [9.17, 15) is 4.79 Å². The van der Waals surface area contributed by atoms with Gasteiger partial charge in [-0.2, -0.15) is 0 Å². The quantitative estimate of drug-likeness (QED) is 0.622. The van der Waals surface area contributed by atoms with Gasteiger partial charge in [-0.3, -0.25) is 4.79 Å². The van der Waals surface area contributed by atoms with E-state index < -0.39 is 0 Å². The summed E-state index contributed by atoms with van der Waals surface area (Å²) in [6.45, 7) is 0. The van der Waals surface area contributed by atoms with Gasteiger partial charge < -0.3 is 4.98 Å². The van der Waals surface area contributed by atoms with Crippen molar-refractivity contribution >= 4 is 33.9 Å². The summed E-state index contributed by atoms with van der Waals surface area (Å²) in [5.41, 5.74) is 3.67. The summed E-state index contributed by atoms with van der Waals surface area (Å²) < 4.78 is 0. The number of nitrogens with zero attached hydrogens (tertiary/aromatic N) is 1. The zero-order chi connectivity index (χ0) is 11.4. The molecule has 3 aromatic rings. The number of H-pyrrole nitrogens is 1. The molecule has 0 fully saturated rings. The standard InChI is InChI=1S/C14H8N2O/c17-14-12-8(7-15-14)5-6-11-13(12)9-3-1-2-4-10(9)16-11/h1-7,16H. The molecule has 2 aromatic carbocycles.